The molecule has 2 aromatic heterocycles. The van der Waals surface area contributed by atoms with Gasteiger partial charge in [0.25, 0.3) is 0 Å². The Morgan fingerprint density at radius 2 is 2.04 bits per heavy atom. The maximum Gasteiger partial charge on any atom is 0.205 e. The van der Waals surface area contributed by atoms with Crippen LogP contribution in [-0.4, -0.2) is 69.3 Å². The Balaban J connectivity index is 0.00000261. The molecule has 27 heavy (non-hydrogen) atoms. The van der Waals surface area contributed by atoms with Crippen LogP contribution < -0.4 is 10.2 Å². The highest BCUT2D eigenvalue weighted by atomic mass is 127. The van der Waals surface area contributed by atoms with Crippen molar-refractivity contribution >= 4 is 46.6 Å². The standard InChI is InChI=1S/C17H28N8S.HI/c1-4-15-21-17(26-22-15)25-10-8-24(9-11-25)16(18-5-2)19-7-6-14-12-20-23(3)13-14;/h12-13H,4-11H2,1-3H3,(H,18,19);1H. The fraction of sp³-hybridized carbons (Fsp3) is 0.647. The molecule has 2 aromatic rings. The average Bonchev–Trinajstić information content (AvgIpc) is 3.30. The number of aromatic nitrogens is 4. The van der Waals surface area contributed by atoms with E-state index in [1.165, 1.54) is 17.1 Å². The largest absolute Gasteiger partial charge is 0.357 e. The Kier molecular flexibility index (Phi) is 8.74. The number of aryl methyl sites for hydroxylation is 2. The van der Waals surface area contributed by atoms with Gasteiger partial charge in [-0.3, -0.25) is 9.67 Å². The second-order valence-electron chi connectivity index (χ2n) is 6.33. The fourth-order valence-electron chi connectivity index (χ4n) is 2.94. The topological polar surface area (TPSA) is 74.5 Å². The Hall–Kier alpha value is -1.43. The first-order chi connectivity index (χ1) is 12.7. The quantitative estimate of drug-likeness (QED) is 0.368. The van der Waals surface area contributed by atoms with E-state index in [-0.39, 0.29) is 24.0 Å². The molecule has 0 radical (unpaired) electrons. The third-order valence-electron chi connectivity index (χ3n) is 4.38. The summed E-state index contributed by atoms with van der Waals surface area (Å²) in [5, 5.41) is 8.68. The van der Waals surface area contributed by atoms with Crippen molar-refractivity contribution in [2.24, 2.45) is 12.0 Å². The third-order valence-corrected chi connectivity index (χ3v) is 5.19. The number of guanidine groups is 1. The van der Waals surface area contributed by atoms with E-state index in [4.69, 9.17) is 4.99 Å². The second-order valence-corrected chi connectivity index (χ2v) is 7.06. The van der Waals surface area contributed by atoms with Crippen LogP contribution in [0.4, 0.5) is 5.13 Å². The van der Waals surface area contributed by atoms with E-state index in [0.29, 0.717) is 0 Å². The predicted octanol–water partition coefficient (Wildman–Crippen LogP) is 1.78. The first kappa shape index (κ1) is 21.9. The summed E-state index contributed by atoms with van der Waals surface area (Å²) >= 11 is 1.51. The molecule has 0 amide bonds. The molecular formula is C17H29IN8S. The summed E-state index contributed by atoms with van der Waals surface area (Å²) in [4.78, 5) is 14.1. The Morgan fingerprint density at radius 3 is 2.63 bits per heavy atom. The summed E-state index contributed by atoms with van der Waals surface area (Å²) in [5.41, 5.74) is 1.22. The first-order valence-electron chi connectivity index (χ1n) is 9.28. The second kappa shape index (κ2) is 10.8. The minimum atomic E-state index is 0. The zero-order valence-corrected chi connectivity index (χ0v) is 19.4. The van der Waals surface area contributed by atoms with Crippen LogP contribution in [0.25, 0.3) is 0 Å². The van der Waals surface area contributed by atoms with Crippen molar-refractivity contribution in [2.45, 2.75) is 26.7 Å². The van der Waals surface area contributed by atoms with Crippen LogP contribution in [0.5, 0.6) is 0 Å². The maximum absolute atomic E-state index is 4.81. The molecule has 1 aliphatic rings. The van der Waals surface area contributed by atoms with Gasteiger partial charge in [0, 0.05) is 70.5 Å². The lowest BCUT2D eigenvalue weighted by atomic mass is 10.2. The highest BCUT2D eigenvalue weighted by Gasteiger charge is 2.21. The van der Waals surface area contributed by atoms with Crippen LogP contribution in [-0.2, 0) is 19.9 Å². The summed E-state index contributed by atoms with van der Waals surface area (Å²) in [6.45, 7) is 9.64. The lowest BCUT2D eigenvalue weighted by Gasteiger charge is -2.36. The summed E-state index contributed by atoms with van der Waals surface area (Å²) < 4.78 is 6.23. The van der Waals surface area contributed by atoms with Crippen LogP contribution in [0.15, 0.2) is 17.4 Å². The average molecular weight is 504 g/mol. The van der Waals surface area contributed by atoms with Crippen LogP contribution >= 0.6 is 35.5 Å². The summed E-state index contributed by atoms with van der Waals surface area (Å²) in [6, 6.07) is 0. The molecule has 0 unspecified atom stereocenters. The van der Waals surface area contributed by atoms with Gasteiger partial charge in [-0.25, -0.2) is 4.98 Å². The van der Waals surface area contributed by atoms with Crippen molar-refractivity contribution in [1.82, 2.24) is 29.4 Å². The molecule has 1 aliphatic heterocycles. The fourth-order valence-corrected chi connectivity index (χ4v) is 3.75. The van der Waals surface area contributed by atoms with Crippen LogP contribution in [0, 0.1) is 0 Å². The summed E-state index contributed by atoms with van der Waals surface area (Å²) in [5.74, 6) is 1.94. The number of hydrogen-bond acceptors (Lipinski definition) is 6. The van der Waals surface area contributed by atoms with Crippen molar-refractivity contribution in [2.75, 3.05) is 44.2 Å². The molecule has 0 spiro atoms. The van der Waals surface area contributed by atoms with Crippen molar-refractivity contribution in [3.63, 3.8) is 0 Å². The van der Waals surface area contributed by atoms with E-state index in [2.05, 4.69) is 43.4 Å². The van der Waals surface area contributed by atoms with Crippen molar-refractivity contribution < 1.29 is 0 Å². The summed E-state index contributed by atoms with van der Waals surface area (Å²) in [6.07, 6.45) is 5.76. The Bertz CT molecular complexity index is 720. The van der Waals surface area contributed by atoms with Crippen molar-refractivity contribution in [3.8, 4) is 0 Å². The van der Waals surface area contributed by atoms with Crippen molar-refractivity contribution in [3.05, 3.63) is 23.8 Å². The minimum absolute atomic E-state index is 0. The molecule has 3 rings (SSSR count). The summed E-state index contributed by atoms with van der Waals surface area (Å²) in [7, 11) is 1.94. The lowest BCUT2D eigenvalue weighted by Crippen LogP contribution is -2.52. The van der Waals surface area contributed by atoms with Gasteiger partial charge >= 0.3 is 0 Å². The number of rotatable bonds is 6. The van der Waals surface area contributed by atoms with Crippen LogP contribution in [0.3, 0.4) is 0 Å². The maximum atomic E-state index is 4.81. The molecule has 150 valence electrons. The van der Waals surface area contributed by atoms with Crippen LogP contribution in [0.2, 0.25) is 0 Å². The van der Waals surface area contributed by atoms with E-state index < -0.39 is 0 Å². The van der Waals surface area contributed by atoms with Gasteiger partial charge in [-0.15, -0.1) is 24.0 Å². The van der Waals surface area contributed by atoms with Gasteiger partial charge < -0.3 is 15.1 Å². The molecule has 1 fully saturated rings. The Labute approximate surface area is 182 Å². The molecule has 1 N–H and O–H groups in total. The molecule has 0 saturated carbocycles. The van der Waals surface area contributed by atoms with E-state index in [0.717, 1.165) is 69.0 Å². The number of piperazine rings is 1. The Morgan fingerprint density at radius 1 is 1.26 bits per heavy atom. The van der Waals surface area contributed by atoms with Crippen molar-refractivity contribution in [1.29, 1.82) is 0 Å². The number of aliphatic imine (C=N–C) groups is 1. The van der Waals surface area contributed by atoms with Gasteiger partial charge in [0.05, 0.1) is 6.20 Å². The smallest absolute Gasteiger partial charge is 0.205 e. The minimum Gasteiger partial charge on any atom is -0.357 e. The normalized spacial score (nSPS) is 15.0. The van der Waals surface area contributed by atoms with E-state index >= 15 is 0 Å². The van der Waals surface area contributed by atoms with Gasteiger partial charge in [0.2, 0.25) is 5.13 Å². The monoisotopic (exact) mass is 504 g/mol. The molecule has 0 atom stereocenters. The lowest BCUT2D eigenvalue weighted by molar-refractivity contribution is 0.372. The third kappa shape index (κ3) is 6.03. The molecule has 0 aromatic carbocycles. The number of nitrogens with one attached hydrogen (secondary N) is 1. The number of halogens is 1. The molecule has 1 saturated heterocycles. The zero-order valence-electron chi connectivity index (χ0n) is 16.3. The zero-order chi connectivity index (χ0) is 18.4. The van der Waals surface area contributed by atoms with Gasteiger partial charge in [0.15, 0.2) is 5.96 Å². The molecule has 0 aliphatic carbocycles. The molecular weight excluding hydrogens is 475 g/mol. The number of anilines is 1. The van der Waals surface area contributed by atoms with Crippen LogP contribution in [0.1, 0.15) is 25.2 Å². The van der Waals surface area contributed by atoms with Gasteiger partial charge in [-0.2, -0.15) is 9.47 Å². The van der Waals surface area contributed by atoms with E-state index in [9.17, 15) is 0 Å². The highest BCUT2D eigenvalue weighted by Crippen LogP contribution is 2.19. The number of nitrogens with zero attached hydrogens (tertiary/aromatic N) is 7. The van der Waals surface area contributed by atoms with E-state index in [1.807, 2.05) is 24.1 Å². The molecule has 0 bridgehead atoms. The number of hydrogen-bond donors (Lipinski definition) is 1. The molecule has 10 heteroatoms. The highest BCUT2D eigenvalue weighted by molar-refractivity contribution is 14.0. The SMILES string of the molecule is CCNC(=NCCc1cnn(C)c1)N1CCN(c2nc(CC)ns2)CC1.I. The predicted molar refractivity (Wildman–Crippen MR) is 121 cm³/mol. The van der Waals surface area contributed by atoms with Gasteiger partial charge in [-0.05, 0) is 18.9 Å². The first-order valence-corrected chi connectivity index (χ1v) is 10.0. The molecule has 3 heterocycles. The molecule has 8 nitrogen and oxygen atoms in total. The van der Waals surface area contributed by atoms with Gasteiger partial charge in [-0.1, -0.05) is 6.92 Å². The van der Waals surface area contributed by atoms with E-state index in [1.54, 1.807) is 0 Å². The van der Waals surface area contributed by atoms with Gasteiger partial charge in [0.1, 0.15) is 5.82 Å².